The number of rotatable bonds is 3. The highest BCUT2D eigenvalue weighted by atomic mass is 35.5. The van der Waals surface area contributed by atoms with Gasteiger partial charge in [-0.15, -0.1) is 0 Å². The van der Waals surface area contributed by atoms with Gasteiger partial charge in [0, 0.05) is 11.8 Å². The molecule has 0 radical (unpaired) electrons. The van der Waals surface area contributed by atoms with E-state index in [2.05, 4.69) is 0 Å². The standard InChI is InChI=1S/C11H10ClNO3/c12-13-9(6-10(13)14)11(15)16-7-8-4-2-1-3-5-8/h1-5,9H,6-7H2. The quantitative estimate of drug-likeness (QED) is 0.456. The Morgan fingerprint density at radius 3 is 2.69 bits per heavy atom. The van der Waals surface area contributed by atoms with Crippen LogP contribution in [0.15, 0.2) is 30.3 Å². The van der Waals surface area contributed by atoms with Gasteiger partial charge in [-0.3, -0.25) is 4.79 Å². The molecule has 1 fully saturated rings. The molecular weight excluding hydrogens is 230 g/mol. The summed E-state index contributed by atoms with van der Waals surface area (Å²) in [6, 6.07) is 8.71. The lowest BCUT2D eigenvalue weighted by Gasteiger charge is -2.31. The third-order valence-corrected chi connectivity index (χ3v) is 2.80. The maximum Gasteiger partial charge on any atom is 0.331 e. The summed E-state index contributed by atoms with van der Waals surface area (Å²) in [6.45, 7) is 0.203. The third-order valence-electron chi connectivity index (χ3n) is 2.38. The molecule has 1 aliphatic rings. The van der Waals surface area contributed by atoms with Crippen LogP contribution >= 0.6 is 11.8 Å². The van der Waals surface area contributed by atoms with Gasteiger partial charge in [0.2, 0.25) is 5.91 Å². The molecule has 0 spiro atoms. The van der Waals surface area contributed by atoms with Crippen LogP contribution in [0.2, 0.25) is 0 Å². The van der Waals surface area contributed by atoms with Crippen LogP contribution in [-0.2, 0) is 20.9 Å². The van der Waals surface area contributed by atoms with Gasteiger partial charge in [-0.05, 0) is 5.56 Å². The van der Waals surface area contributed by atoms with Gasteiger partial charge in [0.05, 0.1) is 6.42 Å². The molecule has 1 atom stereocenters. The lowest BCUT2D eigenvalue weighted by Crippen LogP contribution is -2.51. The van der Waals surface area contributed by atoms with Crippen molar-refractivity contribution in [2.24, 2.45) is 0 Å². The predicted octanol–water partition coefficient (Wildman–Crippen LogP) is 1.48. The van der Waals surface area contributed by atoms with Crippen molar-refractivity contribution in [3.8, 4) is 0 Å². The van der Waals surface area contributed by atoms with Crippen LogP contribution in [0.4, 0.5) is 0 Å². The zero-order chi connectivity index (χ0) is 11.5. The van der Waals surface area contributed by atoms with E-state index >= 15 is 0 Å². The number of β-lactam (4-membered cyclic amide) rings is 1. The van der Waals surface area contributed by atoms with E-state index in [0.717, 1.165) is 9.98 Å². The molecule has 0 aromatic heterocycles. The van der Waals surface area contributed by atoms with Gasteiger partial charge in [0.15, 0.2) is 6.04 Å². The van der Waals surface area contributed by atoms with E-state index in [4.69, 9.17) is 16.5 Å². The Balaban J connectivity index is 1.83. The van der Waals surface area contributed by atoms with Crippen molar-refractivity contribution in [3.63, 3.8) is 0 Å². The molecule has 0 aliphatic carbocycles. The van der Waals surface area contributed by atoms with E-state index in [0.29, 0.717) is 0 Å². The van der Waals surface area contributed by atoms with Crippen LogP contribution < -0.4 is 0 Å². The molecule has 84 valence electrons. The number of hydrogen-bond acceptors (Lipinski definition) is 3. The predicted molar refractivity (Wildman–Crippen MR) is 57.3 cm³/mol. The summed E-state index contributed by atoms with van der Waals surface area (Å²) >= 11 is 5.53. The lowest BCUT2D eigenvalue weighted by atomic mass is 10.1. The molecule has 0 saturated carbocycles. The number of carbonyl (C=O) groups is 2. The van der Waals surface area contributed by atoms with Gasteiger partial charge in [0.25, 0.3) is 0 Å². The third kappa shape index (κ3) is 2.17. The molecule has 5 heteroatoms. The van der Waals surface area contributed by atoms with E-state index in [1.165, 1.54) is 0 Å². The Bertz CT molecular complexity index is 407. The maximum absolute atomic E-state index is 11.5. The number of benzene rings is 1. The number of esters is 1. The summed E-state index contributed by atoms with van der Waals surface area (Å²) in [6.07, 6.45) is 0.136. The van der Waals surface area contributed by atoms with E-state index < -0.39 is 12.0 Å². The topological polar surface area (TPSA) is 46.6 Å². The maximum atomic E-state index is 11.5. The smallest absolute Gasteiger partial charge is 0.331 e. The van der Waals surface area contributed by atoms with E-state index in [9.17, 15) is 9.59 Å². The van der Waals surface area contributed by atoms with Gasteiger partial charge in [-0.1, -0.05) is 30.3 Å². The fourth-order valence-corrected chi connectivity index (χ4v) is 1.61. The Kier molecular flexibility index (Phi) is 3.10. The van der Waals surface area contributed by atoms with Crippen LogP contribution in [0.25, 0.3) is 0 Å². The Morgan fingerprint density at radius 1 is 1.44 bits per heavy atom. The minimum Gasteiger partial charge on any atom is -0.459 e. The molecule has 1 unspecified atom stereocenters. The average Bonchev–Trinajstić information content (AvgIpc) is 2.33. The molecule has 1 amide bonds. The first-order valence-corrected chi connectivity index (χ1v) is 5.20. The average molecular weight is 240 g/mol. The second-order valence-corrected chi connectivity index (χ2v) is 3.88. The summed E-state index contributed by atoms with van der Waals surface area (Å²) in [5.41, 5.74) is 0.905. The van der Waals surface area contributed by atoms with Crippen LogP contribution in [-0.4, -0.2) is 22.3 Å². The van der Waals surface area contributed by atoms with Crippen LogP contribution in [0.1, 0.15) is 12.0 Å². The van der Waals surface area contributed by atoms with Gasteiger partial charge >= 0.3 is 5.97 Å². The highest BCUT2D eigenvalue weighted by molar-refractivity contribution is 6.25. The summed E-state index contributed by atoms with van der Waals surface area (Å²) in [5.74, 6) is -0.707. The number of ether oxygens (including phenoxy) is 1. The van der Waals surface area contributed by atoms with Gasteiger partial charge in [-0.25, -0.2) is 9.21 Å². The molecule has 2 rings (SSSR count). The van der Waals surface area contributed by atoms with Crippen LogP contribution in [0, 0.1) is 0 Å². The number of hydrogen-bond donors (Lipinski definition) is 0. The van der Waals surface area contributed by atoms with Crippen molar-refractivity contribution in [3.05, 3.63) is 35.9 Å². The van der Waals surface area contributed by atoms with Gasteiger partial charge in [-0.2, -0.15) is 0 Å². The van der Waals surface area contributed by atoms with Gasteiger partial charge in [0.1, 0.15) is 6.61 Å². The molecule has 4 nitrogen and oxygen atoms in total. The van der Waals surface area contributed by atoms with E-state index in [1.807, 2.05) is 30.3 Å². The summed E-state index contributed by atoms with van der Waals surface area (Å²) in [7, 11) is 0. The van der Waals surface area contributed by atoms with Crippen LogP contribution in [0.3, 0.4) is 0 Å². The number of carbonyl (C=O) groups excluding carboxylic acids is 2. The number of halogens is 1. The highest BCUT2D eigenvalue weighted by Crippen LogP contribution is 2.22. The molecule has 1 heterocycles. The molecule has 0 bridgehead atoms. The minimum atomic E-state index is -0.627. The minimum absolute atomic E-state index is 0.136. The normalized spacial score (nSPS) is 19.2. The van der Waals surface area contributed by atoms with Crippen molar-refractivity contribution in [1.82, 2.24) is 4.42 Å². The van der Waals surface area contributed by atoms with Crippen molar-refractivity contribution in [1.29, 1.82) is 0 Å². The molecular formula is C11H10ClNO3. The second-order valence-electron chi connectivity index (χ2n) is 3.52. The summed E-state index contributed by atoms with van der Waals surface area (Å²) in [4.78, 5) is 22.3. The van der Waals surface area contributed by atoms with Crippen molar-refractivity contribution in [2.45, 2.75) is 19.1 Å². The van der Waals surface area contributed by atoms with E-state index in [1.54, 1.807) is 0 Å². The lowest BCUT2D eigenvalue weighted by molar-refractivity contribution is -0.160. The fourth-order valence-electron chi connectivity index (χ4n) is 1.39. The summed E-state index contributed by atoms with van der Waals surface area (Å²) in [5, 5.41) is 0. The van der Waals surface area contributed by atoms with Crippen molar-refractivity contribution >= 4 is 23.7 Å². The summed E-state index contributed by atoms with van der Waals surface area (Å²) < 4.78 is 5.92. The first-order chi connectivity index (χ1) is 7.68. The van der Waals surface area contributed by atoms with Crippen molar-refractivity contribution < 1.29 is 14.3 Å². The zero-order valence-electron chi connectivity index (χ0n) is 8.43. The SMILES string of the molecule is O=C(OCc1ccccc1)C1CC(=O)N1Cl. The molecule has 1 saturated heterocycles. The molecule has 1 aromatic carbocycles. The van der Waals surface area contributed by atoms with Crippen LogP contribution in [0.5, 0.6) is 0 Å². The zero-order valence-corrected chi connectivity index (χ0v) is 9.18. The second kappa shape index (κ2) is 4.53. The van der Waals surface area contributed by atoms with Crippen molar-refractivity contribution in [2.75, 3.05) is 0 Å². The molecule has 16 heavy (non-hydrogen) atoms. The number of amides is 1. The first kappa shape index (κ1) is 11.0. The molecule has 1 aromatic rings. The Hall–Kier alpha value is -1.55. The molecule has 0 N–H and O–H groups in total. The monoisotopic (exact) mass is 239 g/mol. The largest absolute Gasteiger partial charge is 0.459 e. The first-order valence-electron chi connectivity index (χ1n) is 4.87. The van der Waals surface area contributed by atoms with E-state index in [-0.39, 0.29) is 18.9 Å². The number of nitrogens with zero attached hydrogens (tertiary/aromatic N) is 1. The van der Waals surface area contributed by atoms with Gasteiger partial charge < -0.3 is 4.74 Å². The molecule has 1 aliphatic heterocycles. The fraction of sp³-hybridized carbons (Fsp3) is 0.273. The Labute approximate surface area is 97.9 Å². The highest BCUT2D eigenvalue weighted by Gasteiger charge is 2.41. The Morgan fingerprint density at radius 2 is 2.12 bits per heavy atom.